The third-order valence-corrected chi connectivity index (χ3v) is 4.57. The van der Waals surface area contributed by atoms with Gasteiger partial charge in [-0.05, 0) is 61.6 Å². The third-order valence-electron chi connectivity index (χ3n) is 4.57. The van der Waals surface area contributed by atoms with Crippen molar-refractivity contribution in [3.05, 3.63) is 59.2 Å². The zero-order valence-electron chi connectivity index (χ0n) is 15.5. The molecule has 1 aliphatic heterocycles. The topological polar surface area (TPSA) is 53.6 Å². The lowest BCUT2D eigenvalue weighted by atomic mass is 10.1. The first-order valence-electron chi connectivity index (χ1n) is 8.76. The maximum atomic E-state index is 13.4. The molecule has 3 rings (SSSR count). The maximum Gasteiger partial charge on any atom is 0.193 e. The summed E-state index contributed by atoms with van der Waals surface area (Å²) in [6, 6.07) is 10.2. The molecule has 2 aromatic carbocycles. The van der Waals surface area contributed by atoms with E-state index in [0.29, 0.717) is 24.1 Å². The number of benzene rings is 2. The minimum atomic E-state index is -0.820. The number of rotatable bonds is 4. The Hall–Kier alpha value is -1.90. The summed E-state index contributed by atoms with van der Waals surface area (Å²) in [4.78, 5) is 6.49. The number of guanidine groups is 1. The minimum Gasteiger partial charge on any atom is -0.371 e. The van der Waals surface area contributed by atoms with Crippen LogP contribution in [0.5, 0.6) is 0 Å². The normalized spacial score (nSPS) is 17.0. The fraction of sp³-hybridized carbons (Fsp3) is 0.350. The molecule has 0 bridgehead atoms. The number of hydrogen-bond acceptors (Lipinski definition) is 2. The van der Waals surface area contributed by atoms with E-state index in [0.717, 1.165) is 25.2 Å². The molecule has 3 N–H and O–H groups in total. The molecule has 1 aliphatic rings. The molecule has 0 aliphatic carbocycles. The van der Waals surface area contributed by atoms with Gasteiger partial charge in [0.1, 0.15) is 0 Å². The number of nitrogens with two attached hydrogens (primary N) is 1. The van der Waals surface area contributed by atoms with Gasteiger partial charge in [-0.1, -0.05) is 6.07 Å². The molecule has 27 heavy (non-hydrogen) atoms. The van der Waals surface area contributed by atoms with Gasteiger partial charge in [-0.3, -0.25) is 4.99 Å². The van der Waals surface area contributed by atoms with Gasteiger partial charge in [0.05, 0.1) is 0 Å². The summed E-state index contributed by atoms with van der Waals surface area (Å²) in [6.07, 6.45) is 0.944. The average molecular weight is 486 g/mol. The molecule has 2 aromatic rings. The van der Waals surface area contributed by atoms with Gasteiger partial charge in [0, 0.05) is 37.1 Å². The van der Waals surface area contributed by atoms with Gasteiger partial charge in [-0.2, -0.15) is 0 Å². The van der Waals surface area contributed by atoms with Gasteiger partial charge in [0.2, 0.25) is 0 Å². The van der Waals surface area contributed by atoms with E-state index in [-0.39, 0.29) is 24.0 Å². The smallest absolute Gasteiger partial charge is 0.193 e. The second kappa shape index (κ2) is 9.34. The van der Waals surface area contributed by atoms with Crippen molar-refractivity contribution >= 4 is 41.3 Å². The van der Waals surface area contributed by atoms with Crippen LogP contribution in [0.3, 0.4) is 0 Å². The summed E-state index contributed by atoms with van der Waals surface area (Å²) in [7, 11) is 0. The Kier molecular flexibility index (Phi) is 7.41. The standard InChI is InChI=1S/C20H24F2N4.HI/c1-13-7-14(2)9-16(8-13)25-20(23)24-11-15-5-6-26(12-15)17-3-4-18(21)19(22)10-17;/h3-4,7-10,15H,5-6,11-12H2,1-2H3,(H3,23,24,25);1H. The molecule has 0 amide bonds. The van der Waals surface area contributed by atoms with E-state index in [9.17, 15) is 8.78 Å². The van der Waals surface area contributed by atoms with E-state index >= 15 is 0 Å². The summed E-state index contributed by atoms with van der Waals surface area (Å²) in [5.74, 6) is -0.908. The lowest BCUT2D eigenvalue weighted by Crippen LogP contribution is -2.25. The summed E-state index contributed by atoms with van der Waals surface area (Å²) >= 11 is 0. The highest BCUT2D eigenvalue weighted by molar-refractivity contribution is 14.0. The summed E-state index contributed by atoms with van der Waals surface area (Å²) < 4.78 is 26.5. The lowest BCUT2D eigenvalue weighted by Gasteiger charge is -2.18. The van der Waals surface area contributed by atoms with Crippen LogP contribution >= 0.6 is 24.0 Å². The monoisotopic (exact) mass is 486 g/mol. The van der Waals surface area contributed by atoms with Crippen molar-refractivity contribution in [1.29, 1.82) is 0 Å². The number of aryl methyl sites for hydroxylation is 2. The zero-order valence-corrected chi connectivity index (χ0v) is 17.8. The number of halogens is 3. The van der Waals surface area contributed by atoms with E-state index in [2.05, 4.69) is 21.3 Å². The summed E-state index contributed by atoms with van der Waals surface area (Å²) in [5.41, 5.74) is 9.96. The molecule has 7 heteroatoms. The molecular formula is C20H25F2IN4. The van der Waals surface area contributed by atoms with Crippen LogP contribution in [-0.4, -0.2) is 25.6 Å². The fourth-order valence-electron chi connectivity index (χ4n) is 3.36. The molecule has 1 saturated heterocycles. The Morgan fingerprint density at radius 2 is 1.85 bits per heavy atom. The highest BCUT2D eigenvalue weighted by Gasteiger charge is 2.23. The molecular weight excluding hydrogens is 461 g/mol. The van der Waals surface area contributed by atoms with Crippen molar-refractivity contribution in [1.82, 2.24) is 0 Å². The van der Waals surface area contributed by atoms with E-state index in [4.69, 9.17) is 5.73 Å². The number of aliphatic imine (C=N–C) groups is 1. The molecule has 1 unspecified atom stereocenters. The van der Waals surface area contributed by atoms with Crippen molar-refractivity contribution in [2.45, 2.75) is 20.3 Å². The predicted octanol–water partition coefficient (Wildman–Crippen LogP) is 4.45. The first kappa shape index (κ1) is 21.4. The van der Waals surface area contributed by atoms with Crippen molar-refractivity contribution in [2.24, 2.45) is 16.6 Å². The van der Waals surface area contributed by atoms with E-state index in [1.165, 1.54) is 23.3 Å². The molecule has 0 radical (unpaired) electrons. The average Bonchev–Trinajstić information content (AvgIpc) is 3.03. The number of nitrogens with zero attached hydrogens (tertiary/aromatic N) is 2. The van der Waals surface area contributed by atoms with E-state index in [1.807, 2.05) is 26.0 Å². The van der Waals surface area contributed by atoms with Gasteiger partial charge >= 0.3 is 0 Å². The van der Waals surface area contributed by atoms with Crippen molar-refractivity contribution < 1.29 is 8.78 Å². The van der Waals surface area contributed by atoms with Gasteiger partial charge in [0.15, 0.2) is 17.6 Å². The molecule has 146 valence electrons. The first-order valence-corrected chi connectivity index (χ1v) is 8.76. The van der Waals surface area contributed by atoms with Crippen LogP contribution in [0.15, 0.2) is 41.4 Å². The Balaban J connectivity index is 0.00000261. The van der Waals surface area contributed by atoms with E-state index in [1.54, 1.807) is 6.07 Å². The summed E-state index contributed by atoms with van der Waals surface area (Å²) in [6.45, 7) is 6.23. The highest BCUT2D eigenvalue weighted by Crippen LogP contribution is 2.25. The molecule has 0 aromatic heterocycles. The molecule has 4 nitrogen and oxygen atoms in total. The van der Waals surface area contributed by atoms with Crippen LogP contribution in [0, 0.1) is 31.4 Å². The molecule has 0 spiro atoms. The van der Waals surface area contributed by atoms with Gasteiger partial charge in [0.25, 0.3) is 0 Å². The van der Waals surface area contributed by atoms with Crippen LogP contribution in [0.4, 0.5) is 20.2 Å². The van der Waals surface area contributed by atoms with Crippen molar-refractivity contribution in [3.8, 4) is 0 Å². The maximum absolute atomic E-state index is 13.4. The number of hydrogen-bond donors (Lipinski definition) is 2. The van der Waals surface area contributed by atoms with Gasteiger partial charge in [-0.15, -0.1) is 24.0 Å². The van der Waals surface area contributed by atoms with Crippen molar-refractivity contribution in [3.63, 3.8) is 0 Å². The van der Waals surface area contributed by atoms with E-state index < -0.39 is 11.6 Å². The Bertz CT molecular complexity index is 805. The predicted molar refractivity (Wildman–Crippen MR) is 118 cm³/mol. The lowest BCUT2D eigenvalue weighted by molar-refractivity contribution is 0.508. The molecule has 1 atom stereocenters. The third kappa shape index (κ3) is 5.79. The van der Waals surface area contributed by atoms with Crippen LogP contribution in [0.2, 0.25) is 0 Å². The van der Waals surface area contributed by atoms with Gasteiger partial charge in [-0.25, -0.2) is 8.78 Å². The largest absolute Gasteiger partial charge is 0.371 e. The second-order valence-electron chi connectivity index (χ2n) is 6.93. The molecule has 0 saturated carbocycles. The van der Waals surface area contributed by atoms with Crippen LogP contribution in [0.1, 0.15) is 17.5 Å². The second-order valence-corrected chi connectivity index (χ2v) is 6.93. The SMILES string of the molecule is Cc1cc(C)cc(NC(N)=NCC2CCN(c3ccc(F)c(F)c3)C2)c1.I. The zero-order chi connectivity index (χ0) is 18.7. The van der Waals surface area contributed by atoms with Crippen LogP contribution < -0.4 is 16.0 Å². The number of anilines is 2. The highest BCUT2D eigenvalue weighted by atomic mass is 127. The van der Waals surface area contributed by atoms with Gasteiger partial charge < -0.3 is 16.0 Å². The first-order chi connectivity index (χ1) is 12.4. The molecule has 1 heterocycles. The van der Waals surface area contributed by atoms with Crippen LogP contribution in [0.25, 0.3) is 0 Å². The Morgan fingerprint density at radius 3 is 2.52 bits per heavy atom. The molecule has 1 fully saturated rings. The number of nitrogens with one attached hydrogen (secondary N) is 1. The Morgan fingerprint density at radius 1 is 1.15 bits per heavy atom. The Labute approximate surface area is 175 Å². The quantitative estimate of drug-likeness (QED) is 0.382. The van der Waals surface area contributed by atoms with Crippen LogP contribution in [-0.2, 0) is 0 Å². The van der Waals surface area contributed by atoms with Crippen molar-refractivity contribution in [2.75, 3.05) is 29.9 Å². The fourth-order valence-corrected chi connectivity index (χ4v) is 3.36. The summed E-state index contributed by atoms with van der Waals surface area (Å²) in [5, 5.41) is 3.13. The minimum absolute atomic E-state index is 0.